The minimum absolute atomic E-state index is 0.0379. The first-order valence-corrected chi connectivity index (χ1v) is 9.32. The van der Waals surface area contributed by atoms with Gasteiger partial charge in [0, 0.05) is 12.6 Å². The molecule has 1 heterocycles. The van der Waals surface area contributed by atoms with Crippen LogP contribution in [0.3, 0.4) is 0 Å². The first-order valence-electron chi connectivity index (χ1n) is 9.32. The molecule has 138 valence electrons. The highest BCUT2D eigenvalue weighted by Gasteiger charge is 2.33. The summed E-state index contributed by atoms with van der Waals surface area (Å²) < 4.78 is 10.7. The summed E-state index contributed by atoms with van der Waals surface area (Å²) in [6, 6.07) is 6.20. The number of hydrogen-bond donors (Lipinski definition) is 2. The van der Waals surface area contributed by atoms with Gasteiger partial charge in [0.25, 0.3) is 0 Å². The number of benzene rings is 1. The molecular formula is C20H30N2O3. The largest absolute Gasteiger partial charge is 0.454 e. The van der Waals surface area contributed by atoms with E-state index in [0.717, 1.165) is 23.5 Å². The number of ether oxygens (including phenoxy) is 2. The van der Waals surface area contributed by atoms with Crippen molar-refractivity contribution in [3.63, 3.8) is 0 Å². The molecular weight excluding hydrogens is 316 g/mol. The maximum atomic E-state index is 12.2. The molecule has 2 aliphatic rings. The number of nitrogens with one attached hydrogen (secondary N) is 2. The fraction of sp³-hybridized carbons (Fsp3) is 0.650. The Hall–Kier alpha value is -1.75. The Morgan fingerprint density at radius 2 is 1.92 bits per heavy atom. The van der Waals surface area contributed by atoms with Crippen LogP contribution in [0.25, 0.3) is 0 Å². The third kappa shape index (κ3) is 4.66. The summed E-state index contributed by atoms with van der Waals surface area (Å²) in [6.45, 7) is 8.06. The van der Waals surface area contributed by atoms with Crippen LogP contribution < -0.4 is 20.1 Å². The van der Waals surface area contributed by atoms with Gasteiger partial charge in [-0.2, -0.15) is 0 Å². The number of rotatable bonds is 5. The predicted octanol–water partition coefficient (Wildman–Crippen LogP) is 3.23. The Labute approximate surface area is 150 Å². The van der Waals surface area contributed by atoms with Gasteiger partial charge in [0.05, 0.1) is 6.54 Å². The van der Waals surface area contributed by atoms with Crippen molar-refractivity contribution < 1.29 is 14.3 Å². The third-order valence-electron chi connectivity index (χ3n) is 5.33. The third-order valence-corrected chi connectivity index (χ3v) is 5.33. The summed E-state index contributed by atoms with van der Waals surface area (Å²) in [5.74, 6) is 2.18. The van der Waals surface area contributed by atoms with E-state index in [-0.39, 0.29) is 18.1 Å². The minimum atomic E-state index is 0.0379. The normalized spacial score (nSPS) is 22.7. The second-order valence-electron chi connectivity index (χ2n) is 8.21. The van der Waals surface area contributed by atoms with Gasteiger partial charge in [-0.1, -0.05) is 39.7 Å². The summed E-state index contributed by atoms with van der Waals surface area (Å²) in [5.41, 5.74) is 1.30. The van der Waals surface area contributed by atoms with Crippen LogP contribution in [0.5, 0.6) is 11.5 Å². The summed E-state index contributed by atoms with van der Waals surface area (Å²) in [5, 5.41) is 6.48. The number of carbonyl (C=O) groups is 1. The van der Waals surface area contributed by atoms with Gasteiger partial charge in [-0.15, -0.1) is 0 Å². The van der Waals surface area contributed by atoms with E-state index < -0.39 is 0 Å². The zero-order valence-electron chi connectivity index (χ0n) is 15.6. The van der Waals surface area contributed by atoms with Gasteiger partial charge in [-0.25, -0.2) is 0 Å². The molecule has 0 spiro atoms. The van der Waals surface area contributed by atoms with Gasteiger partial charge in [0.2, 0.25) is 12.7 Å². The van der Waals surface area contributed by atoms with Gasteiger partial charge in [-0.05, 0) is 41.9 Å². The maximum absolute atomic E-state index is 12.2. The smallest absolute Gasteiger partial charge is 0.234 e. The lowest BCUT2D eigenvalue weighted by atomic mass is 9.69. The Bertz CT molecular complexity index is 609. The van der Waals surface area contributed by atoms with E-state index in [1.54, 1.807) is 0 Å². The van der Waals surface area contributed by atoms with Crippen molar-refractivity contribution in [2.24, 2.45) is 11.3 Å². The second-order valence-corrected chi connectivity index (χ2v) is 8.21. The van der Waals surface area contributed by atoms with E-state index in [1.165, 1.54) is 19.3 Å². The summed E-state index contributed by atoms with van der Waals surface area (Å²) in [4.78, 5) is 12.2. The van der Waals surface area contributed by atoms with Crippen molar-refractivity contribution in [1.29, 1.82) is 0 Å². The number of carbonyl (C=O) groups excluding carboxylic acids is 1. The lowest BCUT2D eigenvalue weighted by Gasteiger charge is -2.40. The Morgan fingerprint density at radius 1 is 1.16 bits per heavy atom. The molecule has 0 aromatic heterocycles. The van der Waals surface area contributed by atoms with Crippen molar-refractivity contribution in [1.82, 2.24) is 10.6 Å². The van der Waals surface area contributed by atoms with E-state index in [1.807, 2.05) is 18.2 Å². The molecule has 0 saturated heterocycles. The van der Waals surface area contributed by atoms with Crippen LogP contribution in [0.1, 0.15) is 52.0 Å². The minimum Gasteiger partial charge on any atom is -0.454 e. The molecule has 5 heteroatoms. The van der Waals surface area contributed by atoms with Gasteiger partial charge in [-0.3, -0.25) is 4.79 Å². The molecule has 2 atom stereocenters. The topological polar surface area (TPSA) is 59.6 Å². The second kappa shape index (κ2) is 7.65. The maximum Gasteiger partial charge on any atom is 0.234 e. The summed E-state index contributed by atoms with van der Waals surface area (Å²) >= 11 is 0. The van der Waals surface area contributed by atoms with E-state index in [4.69, 9.17) is 9.47 Å². The van der Waals surface area contributed by atoms with E-state index >= 15 is 0 Å². The molecule has 3 rings (SSSR count). The fourth-order valence-electron chi connectivity index (χ4n) is 3.95. The van der Waals surface area contributed by atoms with Gasteiger partial charge >= 0.3 is 0 Å². The first-order chi connectivity index (χ1) is 11.9. The Balaban J connectivity index is 1.46. The molecule has 25 heavy (non-hydrogen) atoms. The summed E-state index contributed by atoms with van der Waals surface area (Å²) in [7, 11) is 0. The highest BCUT2D eigenvalue weighted by atomic mass is 16.7. The number of fused-ring (bicyclic) bond motifs is 1. The molecule has 2 unspecified atom stereocenters. The molecule has 1 fully saturated rings. The molecule has 1 saturated carbocycles. The molecule has 1 aromatic carbocycles. The zero-order chi connectivity index (χ0) is 17.9. The molecule has 0 bridgehead atoms. The average molecular weight is 346 g/mol. The Kier molecular flexibility index (Phi) is 5.52. The summed E-state index contributed by atoms with van der Waals surface area (Å²) in [6.07, 6.45) is 4.97. The van der Waals surface area contributed by atoms with Crippen molar-refractivity contribution in [2.75, 3.05) is 13.3 Å². The van der Waals surface area contributed by atoms with Gasteiger partial charge in [0.1, 0.15) is 0 Å². The van der Waals surface area contributed by atoms with Crippen LogP contribution in [-0.4, -0.2) is 25.3 Å². The molecule has 1 aliphatic carbocycles. The predicted molar refractivity (Wildman–Crippen MR) is 97.6 cm³/mol. The van der Waals surface area contributed by atoms with Gasteiger partial charge in [0.15, 0.2) is 11.5 Å². The van der Waals surface area contributed by atoms with Crippen molar-refractivity contribution >= 4 is 5.91 Å². The first kappa shape index (κ1) is 18.1. The monoisotopic (exact) mass is 346 g/mol. The van der Waals surface area contributed by atoms with Gasteiger partial charge < -0.3 is 20.1 Å². The van der Waals surface area contributed by atoms with Crippen LogP contribution in [0.2, 0.25) is 0 Å². The number of hydrogen-bond acceptors (Lipinski definition) is 4. The molecule has 1 amide bonds. The molecule has 1 aliphatic heterocycles. The molecule has 5 nitrogen and oxygen atoms in total. The fourth-order valence-corrected chi connectivity index (χ4v) is 3.95. The quantitative estimate of drug-likeness (QED) is 0.859. The average Bonchev–Trinajstić information content (AvgIpc) is 3.05. The van der Waals surface area contributed by atoms with Crippen molar-refractivity contribution in [3.05, 3.63) is 23.8 Å². The van der Waals surface area contributed by atoms with Crippen LogP contribution in [0, 0.1) is 11.3 Å². The van der Waals surface area contributed by atoms with E-state index in [9.17, 15) is 4.79 Å². The standard InChI is InChI=1S/C20H30N2O3/c1-20(2,3)15-6-4-5-7-16(15)21-12-19(23)22-11-14-8-9-17-18(10-14)25-13-24-17/h8-10,15-16,21H,4-7,11-13H2,1-3H3,(H,22,23). The lowest BCUT2D eigenvalue weighted by Crippen LogP contribution is -2.47. The zero-order valence-corrected chi connectivity index (χ0v) is 15.6. The lowest BCUT2D eigenvalue weighted by molar-refractivity contribution is -0.120. The highest BCUT2D eigenvalue weighted by Crippen LogP contribution is 2.38. The molecule has 0 radical (unpaired) electrons. The van der Waals surface area contributed by atoms with Crippen LogP contribution >= 0.6 is 0 Å². The highest BCUT2D eigenvalue weighted by molar-refractivity contribution is 5.78. The van der Waals surface area contributed by atoms with Crippen LogP contribution in [0.4, 0.5) is 0 Å². The van der Waals surface area contributed by atoms with Crippen molar-refractivity contribution in [2.45, 2.75) is 59.0 Å². The number of amides is 1. The SMILES string of the molecule is CC(C)(C)C1CCCCC1NCC(=O)NCc1ccc2c(c1)OCO2. The van der Waals surface area contributed by atoms with Crippen LogP contribution in [-0.2, 0) is 11.3 Å². The van der Waals surface area contributed by atoms with E-state index in [0.29, 0.717) is 25.0 Å². The van der Waals surface area contributed by atoms with Crippen molar-refractivity contribution in [3.8, 4) is 11.5 Å². The Morgan fingerprint density at radius 3 is 2.72 bits per heavy atom. The van der Waals surface area contributed by atoms with E-state index in [2.05, 4.69) is 31.4 Å². The van der Waals surface area contributed by atoms with Crippen LogP contribution in [0.15, 0.2) is 18.2 Å². The molecule has 2 N–H and O–H groups in total. The molecule has 1 aromatic rings.